The van der Waals surface area contributed by atoms with Crippen LogP contribution >= 0.6 is 0 Å². The SMILES string of the molecule is OC/C=C/[C@@H]1CCCN1C1CC1. The highest BCUT2D eigenvalue weighted by Crippen LogP contribution is 2.33. The number of aliphatic hydroxyl groups excluding tert-OH is 1. The molecule has 0 unspecified atom stereocenters. The van der Waals surface area contributed by atoms with Crippen molar-refractivity contribution in [3.63, 3.8) is 0 Å². The van der Waals surface area contributed by atoms with Crippen LogP contribution in [0.25, 0.3) is 0 Å². The lowest BCUT2D eigenvalue weighted by atomic mass is 10.2. The number of hydrogen-bond acceptors (Lipinski definition) is 2. The smallest absolute Gasteiger partial charge is 0.0612 e. The summed E-state index contributed by atoms with van der Waals surface area (Å²) in [6.07, 6.45) is 9.45. The largest absolute Gasteiger partial charge is 0.392 e. The van der Waals surface area contributed by atoms with Gasteiger partial charge in [0.25, 0.3) is 0 Å². The molecule has 2 heteroatoms. The van der Waals surface area contributed by atoms with E-state index in [1.54, 1.807) is 0 Å². The Kier molecular flexibility index (Phi) is 2.47. The summed E-state index contributed by atoms with van der Waals surface area (Å²) in [6.45, 7) is 1.46. The van der Waals surface area contributed by atoms with E-state index in [1.807, 2.05) is 6.08 Å². The highest BCUT2D eigenvalue weighted by molar-refractivity contribution is 5.02. The molecule has 1 saturated carbocycles. The summed E-state index contributed by atoms with van der Waals surface area (Å²) >= 11 is 0. The average Bonchev–Trinajstić information content (AvgIpc) is 2.83. The van der Waals surface area contributed by atoms with Gasteiger partial charge in [0.15, 0.2) is 0 Å². The molecule has 2 nitrogen and oxygen atoms in total. The van der Waals surface area contributed by atoms with Crippen LogP contribution in [-0.2, 0) is 0 Å². The standard InChI is InChI=1S/C10H17NO/c12-8-2-4-9-3-1-7-11(9)10-5-6-10/h2,4,9-10,12H,1,3,5-8H2/b4-2+/t9-/m0/s1. The first-order valence-corrected chi connectivity index (χ1v) is 4.95. The minimum absolute atomic E-state index is 0.189. The zero-order chi connectivity index (χ0) is 8.39. The second-order valence-corrected chi connectivity index (χ2v) is 3.79. The molecule has 2 rings (SSSR count). The zero-order valence-electron chi connectivity index (χ0n) is 7.45. The minimum Gasteiger partial charge on any atom is -0.392 e. The monoisotopic (exact) mass is 167 g/mol. The lowest BCUT2D eigenvalue weighted by Gasteiger charge is -2.20. The fourth-order valence-corrected chi connectivity index (χ4v) is 2.10. The summed E-state index contributed by atoms with van der Waals surface area (Å²) < 4.78 is 0. The van der Waals surface area contributed by atoms with Crippen molar-refractivity contribution >= 4 is 0 Å². The molecule has 0 radical (unpaired) electrons. The van der Waals surface area contributed by atoms with E-state index in [-0.39, 0.29) is 6.61 Å². The van der Waals surface area contributed by atoms with Crippen LogP contribution in [0.5, 0.6) is 0 Å². The first-order valence-electron chi connectivity index (χ1n) is 4.95. The fraction of sp³-hybridized carbons (Fsp3) is 0.800. The summed E-state index contributed by atoms with van der Waals surface area (Å²) in [5.74, 6) is 0. The Morgan fingerprint density at radius 3 is 2.83 bits per heavy atom. The normalized spacial score (nSPS) is 31.9. The van der Waals surface area contributed by atoms with Crippen molar-refractivity contribution in [3.8, 4) is 0 Å². The Bertz CT molecular complexity index is 175. The van der Waals surface area contributed by atoms with E-state index in [4.69, 9.17) is 5.11 Å². The molecule has 68 valence electrons. The second kappa shape index (κ2) is 3.58. The van der Waals surface area contributed by atoms with Gasteiger partial charge in [-0.15, -0.1) is 0 Å². The summed E-state index contributed by atoms with van der Waals surface area (Å²) in [5.41, 5.74) is 0. The van der Waals surface area contributed by atoms with Crippen molar-refractivity contribution in [2.24, 2.45) is 0 Å². The van der Waals surface area contributed by atoms with Crippen molar-refractivity contribution in [1.82, 2.24) is 4.90 Å². The molecule has 1 aliphatic carbocycles. The third-order valence-electron chi connectivity index (χ3n) is 2.82. The highest BCUT2D eigenvalue weighted by Gasteiger charge is 2.35. The first kappa shape index (κ1) is 8.27. The van der Waals surface area contributed by atoms with E-state index in [0.29, 0.717) is 6.04 Å². The molecule has 1 saturated heterocycles. The van der Waals surface area contributed by atoms with E-state index >= 15 is 0 Å². The maximum Gasteiger partial charge on any atom is 0.0612 e. The molecule has 0 spiro atoms. The van der Waals surface area contributed by atoms with Gasteiger partial charge < -0.3 is 5.11 Å². The number of hydrogen-bond donors (Lipinski definition) is 1. The molecule has 1 aliphatic heterocycles. The Balaban J connectivity index is 1.89. The van der Waals surface area contributed by atoms with Crippen LogP contribution in [0.2, 0.25) is 0 Å². The van der Waals surface area contributed by atoms with Gasteiger partial charge in [-0.3, -0.25) is 4.90 Å². The van der Waals surface area contributed by atoms with Gasteiger partial charge in [-0.1, -0.05) is 12.2 Å². The maximum atomic E-state index is 8.66. The van der Waals surface area contributed by atoms with E-state index in [0.717, 1.165) is 6.04 Å². The van der Waals surface area contributed by atoms with Gasteiger partial charge in [0.05, 0.1) is 6.61 Å². The van der Waals surface area contributed by atoms with Crippen LogP contribution in [0.4, 0.5) is 0 Å². The lowest BCUT2D eigenvalue weighted by molar-refractivity contribution is 0.277. The average molecular weight is 167 g/mol. The second-order valence-electron chi connectivity index (χ2n) is 3.79. The molecular formula is C10H17NO. The van der Waals surface area contributed by atoms with Gasteiger partial charge in [0, 0.05) is 12.1 Å². The Hall–Kier alpha value is -0.340. The van der Waals surface area contributed by atoms with Gasteiger partial charge >= 0.3 is 0 Å². The Morgan fingerprint density at radius 1 is 1.33 bits per heavy atom. The van der Waals surface area contributed by atoms with Crippen molar-refractivity contribution in [1.29, 1.82) is 0 Å². The van der Waals surface area contributed by atoms with Crippen LogP contribution < -0.4 is 0 Å². The quantitative estimate of drug-likeness (QED) is 0.638. The van der Waals surface area contributed by atoms with E-state index in [1.165, 1.54) is 32.2 Å². The number of rotatable bonds is 3. The van der Waals surface area contributed by atoms with Crippen LogP contribution in [0.1, 0.15) is 25.7 Å². The van der Waals surface area contributed by atoms with Gasteiger partial charge in [0.1, 0.15) is 0 Å². The molecule has 2 fully saturated rings. The summed E-state index contributed by atoms with van der Waals surface area (Å²) in [7, 11) is 0. The summed E-state index contributed by atoms with van der Waals surface area (Å²) in [5, 5.41) is 8.66. The van der Waals surface area contributed by atoms with Crippen LogP contribution in [-0.4, -0.2) is 35.2 Å². The van der Waals surface area contributed by atoms with Crippen molar-refractivity contribution < 1.29 is 5.11 Å². The summed E-state index contributed by atoms with van der Waals surface area (Å²) in [4.78, 5) is 2.59. The topological polar surface area (TPSA) is 23.5 Å². The van der Waals surface area contributed by atoms with Gasteiger partial charge in [-0.25, -0.2) is 0 Å². The predicted molar refractivity (Wildman–Crippen MR) is 49.0 cm³/mol. The van der Waals surface area contributed by atoms with Crippen molar-refractivity contribution in [3.05, 3.63) is 12.2 Å². The lowest BCUT2D eigenvalue weighted by Crippen LogP contribution is -2.29. The molecule has 0 aromatic heterocycles. The molecule has 0 aromatic rings. The highest BCUT2D eigenvalue weighted by atomic mass is 16.2. The van der Waals surface area contributed by atoms with Crippen molar-refractivity contribution in [2.75, 3.05) is 13.2 Å². The molecular weight excluding hydrogens is 150 g/mol. The first-order chi connectivity index (χ1) is 5.92. The van der Waals surface area contributed by atoms with E-state index < -0.39 is 0 Å². The molecule has 0 aromatic carbocycles. The van der Waals surface area contributed by atoms with Gasteiger partial charge in [-0.2, -0.15) is 0 Å². The molecule has 1 N–H and O–H groups in total. The van der Waals surface area contributed by atoms with E-state index in [2.05, 4.69) is 11.0 Å². The van der Waals surface area contributed by atoms with Gasteiger partial charge in [-0.05, 0) is 32.2 Å². The number of likely N-dealkylation sites (tertiary alicyclic amines) is 1. The third kappa shape index (κ3) is 1.70. The Labute approximate surface area is 73.9 Å². The fourth-order valence-electron chi connectivity index (χ4n) is 2.10. The number of nitrogens with zero attached hydrogens (tertiary/aromatic N) is 1. The van der Waals surface area contributed by atoms with Crippen molar-refractivity contribution in [2.45, 2.75) is 37.8 Å². The van der Waals surface area contributed by atoms with Gasteiger partial charge in [0.2, 0.25) is 0 Å². The molecule has 0 amide bonds. The van der Waals surface area contributed by atoms with Crippen LogP contribution in [0, 0.1) is 0 Å². The zero-order valence-corrected chi connectivity index (χ0v) is 7.45. The molecule has 12 heavy (non-hydrogen) atoms. The number of aliphatic hydroxyl groups is 1. The molecule has 1 atom stereocenters. The maximum absolute atomic E-state index is 8.66. The molecule has 1 heterocycles. The Morgan fingerprint density at radius 2 is 2.17 bits per heavy atom. The van der Waals surface area contributed by atoms with Crippen LogP contribution in [0.3, 0.4) is 0 Å². The minimum atomic E-state index is 0.189. The van der Waals surface area contributed by atoms with Crippen LogP contribution in [0.15, 0.2) is 12.2 Å². The molecule has 2 aliphatic rings. The molecule has 0 bridgehead atoms. The predicted octanol–water partition coefficient (Wildman–Crippen LogP) is 1.16. The van der Waals surface area contributed by atoms with E-state index in [9.17, 15) is 0 Å². The third-order valence-corrected chi connectivity index (χ3v) is 2.82. The summed E-state index contributed by atoms with van der Waals surface area (Å²) in [6, 6.07) is 1.51.